The summed E-state index contributed by atoms with van der Waals surface area (Å²) in [6.45, 7) is 8.18. The maximum Gasteiger partial charge on any atom is 0.243 e. The van der Waals surface area contributed by atoms with Crippen molar-refractivity contribution in [2.45, 2.75) is 40.5 Å². The van der Waals surface area contributed by atoms with E-state index < -0.39 is 5.92 Å². The van der Waals surface area contributed by atoms with Crippen molar-refractivity contribution < 1.29 is 14.4 Å². The summed E-state index contributed by atoms with van der Waals surface area (Å²) < 4.78 is 0. The highest BCUT2D eigenvalue weighted by atomic mass is 16.2. The van der Waals surface area contributed by atoms with Crippen LogP contribution in [0.5, 0.6) is 0 Å². The zero-order valence-electron chi connectivity index (χ0n) is 18.0. The van der Waals surface area contributed by atoms with Gasteiger partial charge in [0.15, 0.2) is 0 Å². The van der Waals surface area contributed by atoms with E-state index in [2.05, 4.69) is 17.6 Å². The van der Waals surface area contributed by atoms with Gasteiger partial charge in [-0.05, 0) is 56.0 Å². The first-order valence-electron chi connectivity index (χ1n) is 10.3. The van der Waals surface area contributed by atoms with Crippen LogP contribution in [0.2, 0.25) is 0 Å². The lowest BCUT2D eigenvalue weighted by Crippen LogP contribution is -2.38. The highest BCUT2D eigenvalue weighted by Crippen LogP contribution is 2.26. The highest BCUT2D eigenvalue weighted by molar-refractivity contribution is 6.01. The Hall–Kier alpha value is -3.15. The Morgan fingerprint density at radius 2 is 1.70 bits per heavy atom. The average molecular weight is 408 g/mol. The first-order chi connectivity index (χ1) is 14.3. The number of rotatable bonds is 6. The zero-order valence-corrected chi connectivity index (χ0v) is 18.0. The van der Waals surface area contributed by atoms with Crippen molar-refractivity contribution in [3.8, 4) is 0 Å². The minimum atomic E-state index is -0.459. The predicted molar refractivity (Wildman–Crippen MR) is 119 cm³/mol. The third kappa shape index (κ3) is 4.87. The van der Waals surface area contributed by atoms with Crippen LogP contribution in [-0.4, -0.2) is 30.8 Å². The molecule has 2 N–H and O–H groups in total. The molecule has 0 radical (unpaired) electrons. The summed E-state index contributed by atoms with van der Waals surface area (Å²) in [5.41, 5.74) is 5.88. The van der Waals surface area contributed by atoms with Gasteiger partial charge in [-0.25, -0.2) is 0 Å². The Bertz CT molecular complexity index is 943. The van der Waals surface area contributed by atoms with E-state index in [1.54, 1.807) is 4.90 Å². The summed E-state index contributed by atoms with van der Waals surface area (Å²) >= 11 is 0. The van der Waals surface area contributed by atoms with Gasteiger partial charge in [-0.2, -0.15) is 0 Å². The van der Waals surface area contributed by atoms with Gasteiger partial charge in [0.05, 0.1) is 12.5 Å². The van der Waals surface area contributed by atoms with E-state index in [9.17, 15) is 14.4 Å². The van der Waals surface area contributed by atoms with Gasteiger partial charge in [-0.3, -0.25) is 14.4 Å². The van der Waals surface area contributed by atoms with Crippen LogP contribution in [0.15, 0.2) is 36.4 Å². The molecule has 1 aliphatic heterocycles. The second-order valence-electron chi connectivity index (χ2n) is 7.97. The van der Waals surface area contributed by atoms with Gasteiger partial charge in [0.25, 0.3) is 0 Å². The number of amides is 3. The maximum atomic E-state index is 12.5. The van der Waals surface area contributed by atoms with Crippen molar-refractivity contribution in [1.29, 1.82) is 0 Å². The molecule has 3 amide bonds. The van der Waals surface area contributed by atoms with E-state index in [0.29, 0.717) is 6.54 Å². The number of benzene rings is 2. The second-order valence-corrected chi connectivity index (χ2v) is 7.97. The molecule has 1 heterocycles. The number of aryl methyl sites for hydroxylation is 4. The number of carbonyl (C=O) groups excluding carboxylic acids is 3. The first kappa shape index (κ1) is 21.6. The minimum Gasteiger partial charge on any atom is -0.347 e. The van der Waals surface area contributed by atoms with Crippen LogP contribution in [0.1, 0.15) is 35.6 Å². The summed E-state index contributed by atoms with van der Waals surface area (Å²) in [5, 5.41) is 5.55. The lowest BCUT2D eigenvalue weighted by Gasteiger charge is -2.17. The molecule has 1 saturated heterocycles. The van der Waals surface area contributed by atoms with Crippen LogP contribution in [0.25, 0.3) is 0 Å². The summed E-state index contributed by atoms with van der Waals surface area (Å²) in [6.07, 6.45) is 1.09. The summed E-state index contributed by atoms with van der Waals surface area (Å²) in [6, 6.07) is 11.8. The molecule has 1 atom stereocenters. The van der Waals surface area contributed by atoms with Crippen LogP contribution in [0, 0.1) is 26.7 Å². The van der Waals surface area contributed by atoms with E-state index >= 15 is 0 Å². The number of hydrogen-bond donors (Lipinski definition) is 2. The summed E-state index contributed by atoms with van der Waals surface area (Å²) in [5.74, 6) is -1.09. The molecule has 30 heavy (non-hydrogen) atoms. The fourth-order valence-corrected chi connectivity index (χ4v) is 3.92. The SMILES string of the molecule is CCc1ccc(N2CC(C(=O)NCC(=O)Nc3c(C)cc(C)cc3C)CC2=O)cc1. The fourth-order valence-electron chi connectivity index (χ4n) is 3.92. The van der Waals surface area contributed by atoms with Gasteiger partial charge in [-0.1, -0.05) is 36.8 Å². The van der Waals surface area contributed by atoms with Crippen LogP contribution in [0.3, 0.4) is 0 Å². The normalized spacial score (nSPS) is 15.9. The molecule has 158 valence electrons. The number of nitrogens with one attached hydrogen (secondary N) is 2. The molecular weight excluding hydrogens is 378 g/mol. The molecule has 0 saturated carbocycles. The average Bonchev–Trinajstić information content (AvgIpc) is 3.10. The predicted octanol–water partition coefficient (Wildman–Crippen LogP) is 3.28. The molecule has 1 fully saturated rings. The molecule has 3 rings (SSSR count). The number of carbonyl (C=O) groups is 3. The fraction of sp³-hybridized carbons (Fsp3) is 0.375. The Labute approximate surface area is 177 Å². The third-order valence-electron chi connectivity index (χ3n) is 5.52. The van der Waals surface area contributed by atoms with E-state index in [1.807, 2.05) is 57.2 Å². The standard InChI is InChI=1S/C24H29N3O3/c1-5-18-6-8-20(9-7-18)27-14-19(12-22(27)29)24(30)25-13-21(28)26-23-16(3)10-15(2)11-17(23)4/h6-11,19H,5,12-14H2,1-4H3,(H,25,30)(H,26,28). The van der Waals surface area contributed by atoms with E-state index in [4.69, 9.17) is 0 Å². The van der Waals surface area contributed by atoms with E-state index in [0.717, 1.165) is 34.5 Å². The largest absolute Gasteiger partial charge is 0.347 e. The molecule has 6 heteroatoms. The molecule has 0 spiro atoms. The quantitative estimate of drug-likeness (QED) is 0.771. The van der Waals surface area contributed by atoms with Gasteiger partial charge >= 0.3 is 0 Å². The van der Waals surface area contributed by atoms with Gasteiger partial charge in [0.1, 0.15) is 0 Å². The number of hydrogen-bond acceptors (Lipinski definition) is 3. The third-order valence-corrected chi connectivity index (χ3v) is 5.52. The molecule has 0 aliphatic carbocycles. The molecule has 0 bridgehead atoms. The Morgan fingerprint density at radius 1 is 1.07 bits per heavy atom. The molecule has 2 aromatic carbocycles. The van der Waals surface area contributed by atoms with E-state index in [-0.39, 0.29) is 30.7 Å². The van der Waals surface area contributed by atoms with Crippen molar-refractivity contribution >= 4 is 29.1 Å². The molecule has 1 unspecified atom stereocenters. The van der Waals surface area contributed by atoms with Crippen molar-refractivity contribution in [2.24, 2.45) is 5.92 Å². The highest BCUT2D eigenvalue weighted by Gasteiger charge is 2.35. The summed E-state index contributed by atoms with van der Waals surface area (Å²) in [4.78, 5) is 38.9. The van der Waals surface area contributed by atoms with Crippen molar-refractivity contribution in [3.05, 3.63) is 58.7 Å². The lowest BCUT2D eigenvalue weighted by atomic mass is 10.1. The van der Waals surface area contributed by atoms with E-state index in [1.165, 1.54) is 5.56 Å². The van der Waals surface area contributed by atoms with Crippen LogP contribution in [-0.2, 0) is 20.8 Å². The first-order valence-corrected chi connectivity index (χ1v) is 10.3. The van der Waals surface area contributed by atoms with Gasteiger partial charge in [-0.15, -0.1) is 0 Å². The molecule has 1 aliphatic rings. The van der Waals surface area contributed by atoms with Gasteiger partial charge in [0.2, 0.25) is 17.7 Å². The Kier molecular flexibility index (Phi) is 6.55. The molecule has 2 aromatic rings. The number of anilines is 2. The Morgan fingerprint density at radius 3 is 2.30 bits per heavy atom. The maximum absolute atomic E-state index is 12.5. The van der Waals surface area contributed by atoms with Crippen molar-refractivity contribution in [2.75, 3.05) is 23.3 Å². The van der Waals surface area contributed by atoms with Crippen LogP contribution >= 0.6 is 0 Å². The molecular formula is C24H29N3O3. The van der Waals surface area contributed by atoms with Crippen LogP contribution < -0.4 is 15.5 Å². The smallest absolute Gasteiger partial charge is 0.243 e. The lowest BCUT2D eigenvalue weighted by molar-refractivity contribution is -0.127. The Balaban J connectivity index is 1.55. The zero-order chi connectivity index (χ0) is 21.8. The van der Waals surface area contributed by atoms with Gasteiger partial charge in [0, 0.05) is 24.3 Å². The van der Waals surface area contributed by atoms with Crippen molar-refractivity contribution in [1.82, 2.24) is 5.32 Å². The van der Waals surface area contributed by atoms with Crippen molar-refractivity contribution in [3.63, 3.8) is 0 Å². The minimum absolute atomic E-state index is 0.0743. The molecule has 6 nitrogen and oxygen atoms in total. The topological polar surface area (TPSA) is 78.5 Å². The number of nitrogens with zero attached hydrogens (tertiary/aromatic N) is 1. The second kappa shape index (κ2) is 9.11. The van der Waals surface area contributed by atoms with Gasteiger partial charge < -0.3 is 15.5 Å². The monoisotopic (exact) mass is 407 g/mol. The molecule has 0 aromatic heterocycles. The summed E-state index contributed by atoms with van der Waals surface area (Å²) in [7, 11) is 0. The van der Waals surface area contributed by atoms with Crippen LogP contribution in [0.4, 0.5) is 11.4 Å².